The van der Waals surface area contributed by atoms with Crippen LogP contribution in [0.4, 0.5) is 0 Å². The van der Waals surface area contributed by atoms with E-state index >= 15 is 0 Å². The standard InChI is InChI=1S/C15H12OS2/c16-15-13(7-11-3-5-17-9-11)1-2-14(15)8-12-4-6-18-10-12/h3-10H,1-2H2/b13-7+,14-8+. The smallest absolute Gasteiger partial charge is 0.185 e. The third kappa shape index (κ3) is 2.37. The quantitative estimate of drug-likeness (QED) is 0.728. The van der Waals surface area contributed by atoms with Crippen LogP contribution >= 0.6 is 22.7 Å². The first-order chi connectivity index (χ1) is 8.83. The van der Waals surface area contributed by atoms with E-state index in [1.807, 2.05) is 35.0 Å². The van der Waals surface area contributed by atoms with Crippen LogP contribution < -0.4 is 0 Å². The van der Waals surface area contributed by atoms with Gasteiger partial charge in [0.25, 0.3) is 0 Å². The highest BCUT2D eigenvalue weighted by molar-refractivity contribution is 7.08. The van der Waals surface area contributed by atoms with Gasteiger partial charge < -0.3 is 0 Å². The van der Waals surface area contributed by atoms with Crippen LogP contribution in [-0.4, -0.2) is 5.78 Å². The molecule has 0 saturated heterocycles. The molecule has 0 bridgehead atoms. The molecule has 0 amide bonds. The predicted molar refractivity (Wildman–Crippen MR) is 78.8 cm³/mol. The molecule has 3 rings (SSSR count). The van der Waals surface area contributed by atoms with Crippen molar-refractivity contribution >= 4 is 40.6 Å². The number of ketones is 1. The van der Waals surface area contributed by atoms with Gasteiger partial charge in [-0.2, -0.15) is 22.7 Å². The molecule has 1 fully saturated rings. The zero-order chi connectivity index (χ0) is 12.4. The molecule has 0 atom stereocenters. The Labute approximate surface area is 114 Å². The van der Waals surface area contributed by atoms with Crippen LogP contribution in [-0.2, 0) is 4.79 Å². The summed E-state index contributed by atoms with van der Waals surface area (Å²) in [5.74, 6) is 0.215. The summed E-state index contributed by atoms with van der Waals surface area (Å²) < 4.78 is 0. The molecule has 1 nitrogen and oxygen atoms in total. The normalized spacial score (nSPS) is 20.1. The summed E-state index contributed by atoms with van der Waals surface area (Å²) in [6, 6.07) is 4.09. The highest BCUT2D eigenvalue weighted by Gasteiger charge is 2.22. The summed E-state index contributed by atoms with van der Waals surface area (Å²) in [5.41, 5.74) is 4.16. The molecule has 0 unspecified atom stereocenters. The van der Waals surface area contributed by atoms with Gasteiger partial charge in [-0.25, -0.2) is 0 Å². The summed E-state index contributed by atoms with van der Waals surface area (Å²) in [5, 5.41) is 8.21. The van der Waals surface area contributed by atoms with Gasteiger partial charge in [0.1, 0.15) is 0 Å². The van der Waals surface area contributed by atoms with E-state index in [9.17, 15) is 4.79 Å². The van der Waals surface area contributed by atoms with Gasteiger partial charge in [0.15, 0.2) is 5.78 Å². The molecule has 1 saturated carbocycles. The molecule has 0 radical (unpaired) electrons. The van der Waals surface area contributed by atoms with Crippen LogP contribution in [0, 0.1) is 0 Å². The molecular formula is C15H12OS2. The van der Waals surface area contributed by atoms with Crippen LogP contribution in [0.15, 0.2) is 44.8 Å². The molecule has 1 aliphatic rings. The SMILES string of the molecule is O=C1/C(=C/c2ccsc2)CC/C1=C\c1ccsc1. The fourth-order valence-electron chi connectivity index (χ4n) is 2.09. The van der Waals surface area contributed by atoms with Crippen molar-refractivity contribution in [2.24, 2.45) is 0 Å². The van der Waals surface area contributed by atoms with E-state index < -0.39 is 0 Å². The molecule has 2 aromatic heterocycles. The number of Topliss-reactive ketones (excluding diaryl/α,β-unsaturated/α-hetero) is 1. The van der Waals surface area contributed by atoms with Gasteiger partial charge in [-0.1, -0.05) is 0 Å². The molecular weight excluding hydrogens is 260 g/mol. The molecule has 3 heteroatoms. The number of hydrogen-bond acceptors (Lipinski definition) is 3. The number of carbonyl (C=O) groups is 1. The van der Waals surface area contributed by atoms with Gasteiger partial charge in [-0.05, 0) is 69.8 Å². The first-order valence-electron chi connectivity index (χ1n) is 5.83. The third-order valence-corrected chi connectivity index (χ3v) is 4.42. The third-order valence-electron chi connectivity index (χ3n) is 3.02. The van der Waals surface area contributed by atoms with Crippen molar-refractivity contribution in [2.75, 3.05) is 0 Å². The second-order valence-electron chi connectivity index (χ2n) is 4.28. The van der Waals surface area contributed by atoms with Crippen molar-refractivity contribution < 1.29 is 4.79 Å². The predicted octanol–water partition coefficient (Wildman–Crippen LogP) is 4.64. The van der Waals surface area contributed by atoms with Crippen molar-refractivity contribution in [2.45, 2.75) is 12.8 Å². The molecule has 0 N–H and O–H groups in total. The second-order valence-corrected chi connectivity index (χ2v) is 5.84. The fourth-order valence-corrected chi connectivity index (χ4v) is 3.33. The summed E-state index contributed by atoms with van der Waals surface area (Å²) in [7, 11) is 0. The number of allylic oxidation sites excluding steroid dienone is 2. The monoisotopic (exact) mass is 272 g/mol. The molecule has 0 aromatic carbocycles. The van der Waals surface area contributed by atoms with Crippen molar-refractivity contribution in [1.82, 2.24) is 0 Å². The Morgan fingerprint density at radius 3 is 1.78 bits per heavy atom. The van der Waals surface area contributed by atoms with E-state index in [-0.39, 0.29) is 5.78 Å². The number of carbonyl (C=O) groups excluding carboxylic acids is 1. The van der Waals surface area contributed by atoms with E-state index in [4.69, 9.17) is 0 Å². The lowest BCUT2D eigenvalue weighted by atomic mass is 10.1. The lowest BCUT2D eigenvalue weighted by molar-refractivity contribution is -0.111. The van der Waals surface area contributed by atoms with Gasteiger partial charge in [-0.15, -0.1) is 0 Å². The van der Waals surface area contributed by atoms with Crippen molar-refractivity contribution in [3.05, 3.63) is 55.9 Å². The molecule has 0 aliphatic heterocycles. The Morgan fingerprint density at radius 1 is 0.889 bits per heavy atom. The van der Waals surface area contributed by atoms with Gasteiger partial charge >= 0.3 is 0 Å². The van der Waals surface area contributed by atoms with Gasteiger partial charge in [0.2, 0.25) is 0 Å². The maximum atomic E-state index is 12.2. The summed E-state index contributed by atoms with van der Waals surface area (Å²) in [6.07, 6.45) is 5.77. The lowest BCUT2D eigenvalue weighted by Gasteiger charge is -1.94. The first kappa shape index (κ1) is 11.6. The summed E-state index contributed by atoms with van der Waals surface area (Å²) in [6.45, 7) is 0. The maximum absolute atomic E-state index is 12.2. The Balaban J connectivity index is 1.85. The fraction of sp³-hybridized carbons (Fsp3) is 0.133. The Morgan fingerprint density at radius 2 is 1.39 bits per heavy atom. The first-order valence-corrected chi connectivity index (χ1v) is 7.72. The van der Waals surface area contributed by atoms with Gasteiger partial charge in [-0.3, -0.25) is 4.79 Å². The zero-order valence-corrected chi connectivity index (χ0v) is 11.4. The topological polar surface area (TPSA) is 17.1 Å². The molecule has 2 aromatic rings. The highest BCUT2D eigenvalue weighted by atomic mass is 32.1. The van der Waals surface area contributed by atoms with E-state index in [0.29, 0.717) is 0 Å². The van der Waals surface area contributed by atoms with Gasteiger partial charge in [0, 0.05) is 11.1 Å². The van der Waals surface area contributed by atoms with Crippen LogP contribution in [0.25, 0.3) is 12.2 Å². The molecule has 2 heterocycles. The largest absolute Gasteiger partial charge is 0.289 e. The van der Waals surface area contributed by atoms with Crippen LogP contribution in [0.3, 0.4) is 0 Å². The van der Waals surface area contributed by atoms with Crippen molar-refractivity contribution in [3.63, 3.8) is 0 Å². The zero-order valence-electron chi connectivity index (χ0n) is 9.76. The van der Waals surface area contributed by atoms with E-state index in [2.05, 4.69) is 10.8 Å². The minimum atomic E-state index is 0.215. The average molecular weight is 272 g/mol. The molecule has 1 aliphatic carbocycles. The van der Waals surface area contributed by atoms with Crippen molar-refractivity contribution in [1.29, 1.82) is 0 Å². The van der Waals surface area contributed by atoms with E-state index in [1.165, 1.54) is 0 Å². The second kappa shape index (κ2) is 5.04. The van der Waals surface area contributed by atoms with E-state index in [1.54, 1.807) is 22.7 Å². The maximum Gasteiger partial charge on any atom is 0.185 e. The Kier molecular flexibility index (Phi) is 3.26. The minimum Gasteiger partial charge on any atom is -0.289 e. The average Bonchev–Trinajstić information content (AvgIpc) is 3.08. The summed E-state index contributed by atoms with van der Waals surface area (Å²) >= 11 is 3.32. The Bertz CT molecular complexity index is 547. The molecule has 90 valence electrons. The molecule has 18 heavy (non-hydrogen) atoms. The van der Waals surface area contributed by atoms with Crippen LogP contribution in [0.2, 0.25) is 0 Å². The highest BCUT2D eigenvalue weighted by Crippen LogP contribution is 2.30. The Hall–Kier alpha value is -1.45. The number of thiophene rings is 2. The van der Waals surface area contributed by atoms with Gasteiger partial charge in [0.05, 0.1) is 0 Å². The summed E-state index contributed by atoms with van der Waals surface area (Å²) in [4.78, 5) is 12.2. The van der Waals surface area contributed by atoms with Crippen LogP contribution in [0.5, 0.6) is 0 Å². The molecule has 0 spiro atoms. The van der Waals surface area contributed by atoms with Crippen molar-refractivity contribution in [3.8, 4) is 0 Å². The lowest BCUT2D eigenvalue weighted by Crippen LogP contribution is -1.94. The van der Waals surface area contributed by atoms with E-state index in [0.717, 1.165) is 35.1 Å². The minimum absolute atomic E-state index is 0.215. The van der Waals surface area contributed by atoms with Crippen LogP contribution in [0.1, 0.15) is 24.0 Å². The number of rotatable bonds is 2. The number of hydrogen-bond donors (Lipinski definition) is 0.